The van der Waals surface area contributed by atoms with Crippen molar-refractivity contribution >= 4 is 11.8 Å². The molecular weight excluding hydrogens is 146 g/mol. The summed E-state index contributed by atoms with van der Waals surface area (Å²) in [7, 11) is 0. The Morgan fingerprint density at radius 2 is 2.40 bits per heavy atom. The number of nitrogens with zero attached hydrogens (tertiary/aromatic N) is 1. The molecule has 0 aliphatic heterocycles. The van der Waals surface area contributed by atoms with Crippen molar-refractivity contribution in [3.05, 3.63) is 23.9 Å². The first-order valence-electron chi connectivity index (χ1n) is 2.97. The molecule has 10 heavy (non-hydrogen) atoms. The summed E-state index contributed by atoms with van der Waals surface area (Å²) >= 11 is 1.58. The van der Waals surface area contributed by atoms with Crippen LogP contribution in [0.3, 0.4) is 0 Å². The largest absolute Gasteiger partial charge is 0.390 e. The molecule has 0 aliphatic rings. The Balaban J connectivity index is 2.87. The molecule has 1 N–H and O–H groups in total. The molecule has 0 unspecified atom stereocenters. The molecular formula is C7H9NOS. The lowest BCUT2D eigenvalue weighted by Crippen LogP contribution is -1.88. The number of rotatable bonds is 2. The minimum absolute atomic E-state index is 0.0222. The zero-order valence-corrected chi connectivity index (χ0v) is 6.56. The van der Waals surface area contributed by atoms with Gasteiger partial charge >= 0.3 is 0 Å². The van der Waals surface area contributed by atoms with Crippen LogP contribution < -0.4 is 0 Å². The van der Waals surface area contributed by atoms with Crippen molar-refractivity contribution in [2.24, 2.45) is 0 Å². The Kier molecular flexibility index (Phi) is 2.71. The number of aliphatic hydroxyl groups is 1. The number of thioether (sulfide) groups is 1. The summed E-state index contributed by atoms with van der Waals surface area (Å²) in [6, 6.07) is 5.62. The van der Waals surface area contributed by atoms with E-state index in [0.29, 0.717) is 0 Å². The minimum Gasteiger partial charge on any atom is -0.390 e. The first-order valence-corrected chi connectivity index (χ1v) is 4.20. The zero-order valence-electron chi connectivity index (χ0n) is 5.74. The van der Waals surface area contributed by atoms with Crippen molar-refractivity contribution in [3.63, 3.8) is 0 Å². The molecule has 0 radical (unpaired) electrons. The molecule has 54 valence electrons. The van der Waals surface area contributed by atoms with Crippen molar-refractivity contribution in [1.82, 2.24) is 4.98 Å². The van der Waals surface area contributed by atoms with Crippen LogP contribution >= 0.6 is 11.8 Å². The molecule has 0 aromatic carbocycles. The van der Waals surface area contributed by atoms with Gasteiger partial charge in [-0.2, -0.15) is 0 Å². The summed E-state index contributed by atoms with van der Waals surface area (Å²) in [6.45, 7) is 0.0222. The topological polar surface area (TPSA) is 33.1 Å². The monoisotopic (exact) mass is 155 g/mol. The van der Waals surface area contributed by atoms with Gasteiger partial charge in [-0.05, 0) is 18.4 Å². The molecule has 1 rings (SSSR count). The third-order valence-corrected chi connectivity index (χ3v) is 1.80. The van der Waals surface area contributed by atoms with Gasteiger partial charge in [0, 0.05) is 0 Å². The Morgan fingerprint density at radius 3 is 3.00 bits per heavy atom. The van der Waals surface area contributed by atoms with Gasteiger partial charge in [0.1, 0.15) is 0 Å². The highest BCUT2D eigenvalue weighted by Crippen LogP contribution is 2.10. The summed E-state index contributed by atoms with van der Waals surface area (Å²) in [4.78, 5) is 4.12. The number of aliphatic hydroxyl groups excluding tert-OH is 1. The van der Waals surface area contributed by atoms with E-state index in [0.717, 1.165) is 10.7 Å². The first kappa shape index (κ1) is 7.57. The van der Waals surface area contributed by atoms with Crippen LogP contribution in [0.2, 0.25) is 0 Å². The van der Waals surface area contributed by atoms with E-state index in [-0.39, 0.29) is 6.61 Å². The molecule has 0 atom stereocenters. The number of aromatic nitrogens is 1. The maximum Gasteiger partial charge on any atom is 0.0961 e. The van der Waals surface area contributed by atoms with Crippen molar-refractivity contribution in [3.8, 4) is 0 Å². The Bertz CT molecular complexity index is 195. The number of hydrogen-bond donors (Lipinski definition) is 1. The highest BCUT2D eigenvalue weighted by atomic mass is 32.2. The fraction of sp³-hybridized carbons (Fsp3) is 0.286. The lowest BCUT2D eigenvalue weighted by molar-refractivity contribution is 0.276. The molecule has 0 saturated carbocycles. The van der Waals surface area contributed by atoms with Gasteiger partial charge in [0.05, 0.1) is 17.3 Å². The zero-order chi connectivity index (χ0) is 7.40. The lowest BCUT2D eigenvalue weighted by Gasteiger charge is -1.96. The van der Waals surface area contributed by atoms with Crippen molar-refractivity contribution in [2.45, 2.75) is 11.6 Å². The molecule has 1 heterocycles. The molecule has 2 nitrogen and oxygen atoms in total. The summed E-state index contributed by atoms with van der Waals surface area (Å²) < 4.78 is 0. The van der Waals surface area contributed by atoms with Crippen LogP contribution in [0, 0.1) is 0 Å². The highest BCUT2D eigenvalue weighted by Gasteiger charge is 1.92. The van der Waals surface area contributed by atoms with Gasteiger partial charge in [-0.25, -0.2) is 4.98 Å². The molecule has 0 saturated heterocycles. The molecule has 0 bridgehead atoms. The van der Waals surface area contributed by atoms with Crippen LogP contribution in [0.5, 0.6) is 0 Å². The quantitative estimate of drug-likeness (QED) is 0.653. The minimum atomic E-state index is 0.0222. The molecule has 3 heteroatoms. The fourth-order valence-electron chi connectivity index (χ4n) is 0.659. The molecule has 0 spiro atoms. The standard InChI is InChI=1S/C7H9NOS/c1-10-7-4-2-3-6(5-9)8-7/h2-4,9H,5H2,1H3. The fourth-order valence-corrected chi connectivity index (χ4v) is 1.08. The second-order valence-corrected chi connectivity index (χ2v) is 2.66. The van der Waals surface area contributed by atoms with Crippen LogP contribution in [-0.2, 0) is 6.61 Å². The van der Waals surface area contributed by atoms with Gasteiger partial charge in [0.25, 0.3) is 0 Å². The van der Waals surface area contributed by atoms with Crippen molar-refractivity contribution in [2.75, 3.05) is 6.26 Å². The van der Waals surface area contributed by atoms with E-state index < -0.39 is 0 Å². The van der Waals surface area contributed by atoms with E-state index in [2.05, 4.69) is 4.98 Å². The van der Waals surface area contributed by atoms with E-state index in [1.807, 2.05) is 18.4 Å². The average Bonchev–Trinajstić information content (AvgIpc) is 2.05. The van der Waals surface area contributed by atoms with E-state index >= 15 is 0 Å². The van der Waals surface area contributed by atoms with Crippen LogP contribution in [0.4, 0.5) is 0 Å². The predicted molar refractivity (Wildman–Crippen MR) is 41.9 cm³/mol. The molecule has 0 fully saturated rings. The molecule has 1 aromatic rings. The lowest BCUT2D eigenvalue weighted by atomic mass is 10.4. The van der Waals surface area contributed by atoms with E-state index in [4.69, 9.17) is 5.11 Å². The van der Waals surface area contributed by atoms with Gasteiger partial charge in [-0.3, -0.25) is 0 Å². The van der Waals surface area contributed by atoms with E-state index in [1.54, 1.807) is 17.8 Å². The maximum absolute atomic E-state index is 8.69. The Hall–Kier alpha value is -0.540. The molecule has 0 amide bonds. The van der Waals surface area contributed by atoms with E-state index in [9.17, 15) is 0 Å². The van der Waals surface area contributed by atoms with Gasteiger partial charge in [0.2, 0.25) is 0 Å². The third-order valence-electron chi connectivity index (χ3n) is 1.15. The second kappa shape index (κ2) is 3.58. The predicted octanol–water partition coefficient (Wildman–Crippen LogP) is 1.30. The maximum atomic E-state index is 8.69. The van der Waals surface area contributed by atoms with Gasteiger partial charge in [-0.1, -0.05) is 6.07 Å². The van der Waals surface area contributed by atoms with E-state index in [1.165, 1.54) is 0 Å². The second-order valence-electron chi connectivity index (χ2n) is 1.83. The summed E-state index contributed by atoms with van der Waals surface area (Å²) in [5.41, 5.74) is 0.729. The highest BCUT2D eigenvalue weighted by molar-refractivity contribution is 7.98. The van der Waals surface area contributed by atoms with Gasteiger partial charge < -0.3 is 5.11 Å². The van der Waals surface area contributed by atoms with Crippen LogP contribution in [0.25, 0.3) is 0 Å². The molecule has 0 aliphatic carbocycles. The summed E-state index contributed by atoms with van der Waals surface area (Å²) in [6.07, 6.45) is 1.96. The Morgan fingerprint density at radius 1 is 1.60 bits per heavy atom. The number of pyridine rings is 1. The van der Waals surface area contributed by atoms with Gasteiger partial charge in [-0.15, -0.1) is 11.8 Å². The van der Waals surface area contributed by atoms with Gasteiger partial charge in [0.15, 0.2) is 0 Å². The summed E-state index contributed by atoms with van der Waals surface area (Å²) in [5.74, 6) is 0. The van der Waals surface area contributed by atoms with Crippen LogP contribution in [0.15, 0.2) is 23.2 Å². The molecule has 1 aromatic heterocycles. The SMILES string of the molecule is CSc1cccc(CO)n1. The summed E-state index contributed by atoms with van der Waals surface area (Å²) in [5, 5.41) is 9.64. The van der Waals surface area contributed by atoms with Crippen LogP contribution in [0.1, 0.15) is 5.69 Å². The first-order chi connectivity index (χ1) is 4.86. The average molecular weight is 155 g/mol. The third kappa shape index (κ3) is 1.72. The van der Waals surface area contributed by atoms with Crippen molar-refractivity contribution in [1.29, 1.82) is 0 Å². The Labute approximate surface area is 64.3 Å². The van der Waals surface area contributed by atoms with Crippen LogP contribution in [-0.4, -0.2) is 16.3 Å². The normalized spacial score (nSPS) is 9.80. The number of hydrogen-bond acceptors (Lipinski definition) is 3. The smallest absolute Gasteiger partial charge is 0.0961 e. The van der Waals surface area contributed by atoms with Crippen molar-refractivity contribution < 1.29 is 5.11 Å².